The molecule has 1 heterocycles. The molecule has 0 spiro atoms. The first kappa shape index (κ1) is 11.9. The van der Waals surface area contributed by atoms with Crippen molar-refractivity contribution in [2.75, 3.05) is 26.3 Å². The minimum Gasteiger partial charge on any atom is -0.395 e. The molecule has 1 aromatic heterocycles. The zero-order chi connectivity index (χ0) is 10.4. The van der Waals surface area contributed by atoms with Crippen LogP contribution < -0.4 is 0 Å². The highest BCUT2D eigenvalue weighted by Crippen LogP contribution is 2.23. The lowest BCUT2D eigenvalue weighted by atomic mass is 10.4. The van der Waals surface area contributed by atoms with Crippen molar-refractivity contribution in [3.8, 4) is 0 Å². The van der Waals surface area contributed by atoms with E-state index < -0.39 is 0 Å². The molecule has 0 fully saturated rings. The topological polar surface area (TPSA) is 43.7 Å². The summed E-state index contributed by atoms with van der Waals surface area (Å²) < 4.78 is 0. The van der Waals surface area contributed by atoms with Crippen molar-refractivity contribution in [2.24, 2.45) is 0 Å². The highest BCUT2D eigenvalue weighted by atomic mass is 35.5. The van der Waals surface area contributed by atoms with E-state index in [1.807, 2.05) is 16.3 Å². The SMILES string of the molecule is OCCN(CCO)Cc1sccc1Cl. The van der Waals surface area contributed by atoms with Crippen LogP contribution in [-0.2, 0) is 6.54 Å². The Bertz CT molecular complexity index is 261. The Morgan fingerprint density at radius 3 is 2.36 bits per heavy atom. The monoisotopic (exact) mass is 235 g/mol. The van der Waals surface area contributed by atoms with Gasteiger partial charge in [-0.15, -0.1) is 11.3 Å². The van der Waals surface area contributed by atoms with Crippen molar-refractivity contribution in [3.05, 3.63) is 21.3 Å². The van der Waals surface area contributed by atoms with E-state index >= 15 is 0 Å². The Hall–Kier alpha value is -0.130. The maximum absolute atomic E-state index is 8.81. The molecular weight excluding hydrogens is 222 g/mol. The van der Waals surface area contributed by atoms with Crippen LogP contribution >= 0.6 is 22.9 Å². The molecule has 0 aromatic carbocycles. The molecule has 0 aliphatic carbocycles. The Labute approximate surface area is 92.5 Å². The Kier molecular flexibility index (Phi) is 5.44. The molecule has 3 nitrogen and oxygen atoms in total. The van der Waals surface area contributed by atoms with Crippen LogP contribution in [0.5, 0.6) is 0 Å². The van der Waals surface area contributed by atoms with Crippen LogP contribution in [-0.4, -0.2) is 41.4 Å². The van der Waals surface area contributed by atoms with Gasteiger partial charge in [0.15, 0.2) is 0 Å². The molecule has 0 saturated carbocycles. The smallest absolute Gasteiger partial charge is 0.0558 e. The zero-order valence-electron chi connectivity index (χ0n) is 7.82. The summed E-state index contributed by atoms with van der Waals surface area (Å²) >= 11 is 7.54. The van der Waals surface area contributed by atoms with E-state index in [1.54, 1.807) is 11.3 Å². The van der Waals surface area contributed by atoms with Gasteiger partial charge >= 0.3 is 0 Å². The van der Waals surface area contributed by atoms with Crippen molar-refractivity contribution in [3.63, 3.8) is 0 Å². The van der Waals surface area contributed by atoms with Crippen LogP contribution in [0.15, 0.2) is 11.4 Å². The fourth-order valence-corrected chi connectivity index (χ4v) is 2.33. The summed E-state index contributed by atoms with van der Waals surface area (Å²) in [7, 11) is 0. The predicted octanol–water partition coefficient (Wildman–Crippen LogP) is 1.19. The summed E-state index contributed by atoms with van der Waals surface area (Å²) in [4.78, 5) is 3.05. The van der Waals surface area contributed by atoms with Crippen LogP contribution in [0.25, 0.3) is 0 Å². The first-order chi connectivity index (χ1) is 6.77. The maximum Gasteiger partial charge on any atom is 0.0558 e. The second-order valence-electron chi connectivity index (χ2n) is 2.92. The number of hydrogen-bond donors (Lipinski definition) is 2. The van der Waals surface area contributed by atoms with E-state index in [4.69, 9.17) is 21.8 Å². The van der Waals surface area contributed by atoms with Crippen molar-refractivity contribution >= 4 is 22.9 Å². The lowest BCUT2D eigenvalue weighted by Crippen LogP contribution is -2.29. The third-order valence-corrected chi connectivity index (χ3v) is 3.26. The van der Waals surface area contributed by atoms with Crippen LogP contribution in [0.2, 0.25) is 5.02 Å². The fourth-order valence-electron chi connectivity index (χ4n) is 1.19. The van der Waals surface area contributed by atoms with Gasteiger partial charge < -0.3 is 10.2 Å². The Morgan fingerprint density at radius 1 is 1.29 bits per heavy atom. The lowest BCUT2D eigenvalue weighted by molar-refractivity contribution is 0.157. The summed E-state index contributed by atoms with van der Waals surface area (Å²) in [5.41, 5.74) is 0. The van der Waals surface area contributed by atoms with Gasteiger partial charge in [0, 0.05) is 24.5 Å². The van der Waals surface area contributed by atoms with Gasteiger partial charge in [0.05, 0.1) is 18.2 Å². The summed E-state index contributed by atoms with van der Waals surface area (Å²) in [6.07, 6.45) is 0. The number of halogens is 1. The number of aliphatic hydroxyl groups is 2. The van der Waals surface area contributed by atoms with Gasteiger partial charge in [-0.25, -0.2) is 0 Å². The lowest BCUT2D eigenvalue weighted by Gasteiger charge is -2.19. The van der Waals surface area contributed by atoms with Gasteiger partial charge in [0.25, 0.3) is 0 Å². The molecule has 0 unspecified atom stereocenters. The molecule has 0 bridgehead atoms. The van der Waals surface area contributed by atoms with Crippen LogP contribution in [0.3, 0.4) is 0 Å². The number of rotatable bonds is 6. The standard InChI is InChI=1S/C9H14ClNO2S/c10-8-1-6-14-9(8)7-11(2-4-12)3-5-13/h1,6,12-13H,2-5,7H2. The average Bonchev–Trinajstić information content (AvgIpc) is 2.53. The first-order valence-corrected chi connectivity index (χ1v) is 5.69. The molecule has 2 N–H and O–H groups in total. The summed E-state index contributed by atoms with van der Waals surface area (Å²) in [6, 6.07) is 1.86. The molecular formula is C9H14ClNO2S. The van der Waals surface area contributed by atoms with Crippen molar-refractivity contribution in [1.82, 2.24) is 4.90 Å². The van der Waals surface area contributed by atoms with Crippen LogP contribution in [0, 0.1) is 0 Å². The molecule has 5 heteroatoms. The third kappa shape index (κ3) is 3.55. The van der Waals surface area contributed by atoms with E-state index in [0.29, 0.717) is 19.6 Å². The minimum atomic E-state index is 0.100. The molecule has 0 aliphatic rings. The number of thiophene rings is 1. The number of nitrogens with zero attached hydrogens (tertiary/aromatic N) is 1. The zero-order valence-corrected chi connectivity index (χ0v) is 9.39. The summed E-state index contributed by atoms with van der Waals surface area (Å²) in [5, 5.41) is 20.3. The molecule has 0 amide bonds. The van der Waals surface area contributed by atoms with E-state index in [9.17, 15) is 0 Å². The molecule has 0 saturated heterocycles. The van der Waals surface area contributed by atoms with Gasteiger partial charge in [0.2, 0.25) is 0 Å². The van der Waals surface area contributed by atoms with Gasteiger partial charge in [-0.3, -0.25) is 4.90 Å². The first-order valence-electron chi connectivity index (χ1n) is 4.44. The van der Waals surface area contributed by atoms with E-state index in [0.717, 1.165) is 9.90 Å². The summed E-state index contributed by atoms with van der Waals surface area (Å²) in [5.74, 6) is 0. The van der Waals surface area contributed by atoms with Gasteiger partial charge in [-0.05, 0) is 11.4 Å². The summed E-state index contributed by atoms with van der Waals surface area (Å²) in [6.45, 7) is 2.02. The Balaban J connectivity index is 2.50. The van der Waals surface area contributed by atoms with Crippen LogP contribution in [0.1, 0.15) is 4.88 Å². The van der Waals surface area contributed by atoms with Gasteiger partial charge in [-0.2, -0.15) is 0 Å². The van der Waals surface area contributed by atoms with E-state index in [1.165, 1.54) is 0 Å². The molecule has 14 heavy (non-hydrogen) atoms. The normalized spacial score (nSPS) is 11.1. The quantitative estimate of drug-likeness (QED) is 0.779. The minimum absolute atomic E-state index is 0.100. The highest BCUT2D eigenvalue weighted by Gasteiger charge is 2.08. The number of hydrogen-bond acceptors (Lipinski definition) is 4. The van der Waals surface area contributed by atoms with Gasteiger partial charge in [0.1, 0.15) is 0 Å². The maximum atomic E-state index is 8.81. The van der Waals surface area contributed by atoms with Crippen molar-refractivity contribution < 1.29 is 10.2 Å². The third-order valence-electron chi connectivity index (χ3n) is 1.89. The highest BCUT2D eigenvalue weighted by molar-refractivity contribution is 7.10. The van der Waals surface area contributed by atoms with Crippen molar-refractivity contribution in [1.29, 1.82) is 0 Å². The molecule has 0 atom stereocenters. The molecule has 0 aliphatic heterocycles. The van der Waals surface area contributed by atoms with E-state index in [2.05, 4.69) is 0 Å². The van der Waals surface area contributed by atoms with E-state index in [-0.39, 0.29) is 13.2 Å². The molecule has 1 aromatic rings. The van der Waals surface area contributed by atoms with Gasteiger partial charge in [-0.1, -0.05) is 11.6 Å². The second kappa shape index (κ2) is 6.37. The molecule has 80 valence electrons. The fraction of sp³-hybridized carbons (Fsp3) is 0.556. The average molecular weight is 236 g/mol. The van der Waals surface area contributed by atoms with Crippen molar-refractivity contribution in [2.45, 2.75) is 6.54 Å². The second-order valence-corrected chi connectivity index (χ2v) is 4.32. The van der Waals surface area contributed by atoms with Crippen LogP contribution in [0.4, 0.5) is 0 Å². The Morgan fingerprint density at radius 2 is 1.93 bits per heavy atom. The molecule has 1 rings (SSSR count). The predicted molar refractivity (Wildman–Crippen MR) is 58.8 cm³/mol. The largest absolute Gasteiger partial charge is 0.395 e. The molecule has 0 radical (unpaired) electrons. The number of aliphatic hydroxyl groups excluding tert-OH is 2.